The molecule has 2 aliphatic rings. The van der Waals surface area contributed by atoms with Crippen LogP contribution in [-0.2, 0) is 16.6 Å². The standard InChI is InChI=1S/C20H24O3/c1-11-7-8-12-13-6-5-9-20(2,3)17(13)18(21)19-16(12)15(11)14(22-4)10-23-19/h7-8,14,21H,5-6,9-10H2,1-4H3. The van der Waals surface area contributed by atoms with E-state index in [4.69, 9.17) is 9.47 Å². The predicted octanol–water partition coefficient (Wildman–Crippen LogP) is 4.55. The lowest BCUT2D eigenvalue weighted by Crippen LogP contribution is -2.26. The van der Waals surface area contributed by atoms with Crippen LogP contribution < -0.4 is 4.74 Å². The zero-order valence-corrected chi connectivity index (χ0v) is 14.3. The average molecular weight is 312 g/mol. The van der Waals surface area contributed by atoms with Gasteiger partial charge in [0.1, 0.15) is 12.7 Å². The summed E-state index contributed by atoms with van der Waals surface area (Å²) in [4.78, 5) is 0. The van der Waals surface area contributed by atoms with Gasteiger partial charge in [-0.1, -0.05) is 26.0 Å². The van der Waals surface area contributed by atoms with Gasteiger partial charge in [0.2, 0.25) is 0 Å². The number of methoxy groups -OCH3 is 1. The van der Waals surface area contributed by atoms with E-state index in [1.807, 2.05) is 0 Å². The molecule has 0 fully saturated rings. The average Bonchev–Trinajstić information content (AvgIpc) is 2.52. The Bertz CT molecular complexity index is 805. The first-order valence-electron chi connectivity index (χ1n) is 8.43. The lowest BCUT2D eigenvalue weighted by Gasteiger charge is -2.37. The number of ether oxygens (including phenoxy) is 2. The van der Waals surface area contributed by atoms with Gasteiger partial charge in [-0.05, 0) is 53.7 Å². The Balaban J connectivity index is 2.17. The number of phenols is 1. The second-order valence-electron chi connectivity index (χ2n) is 7.52. The van der Waals surface area contributed by atoms with Crippen LogP contribution in [0.15, 0.2) is 12.1 Å². The van der Waals surface area contributed by atoms with Crippen molar-refractivity contribution < 1.29 is 14.6 Å². The third-order valence-electron chi connectivity index (χ3n) is 5.66. The first kappa shape index (κ1) is 14.8. The fraction of sp³-hybridized carbons (Fsp3) is 0.500. The molecule has 0 amide bonds. The summed E-state index contributed by atoms with van der Waals surface area (Å²) in [6, 6.07) is 4.37. The summed E-state index contributed by atoms with van der Waals surface area (Å²) in [6.07, 6.45) is 3.20. The Hall–Kier alpha value is -1.74. The van der Waals surface area contributed by atoms with Gasteiger partial charge in [-0.3, -0.25) is 0 Å². The number of fused-ring (bicyclic) bond motifs is 2. The highest BCUT2D eigenvalue weighted by atomic mass is 16.5. The van der Waals surface area contributed by atoms with Crippen LogP contribution in [0.3, 0.4) is 0 Å². The molecule has 2 aromatic rings. The number of hydrogen-bond donors (Lipinski definition) is 1. The minimum absolute atomic E-state index is 0.0190. The normalized spacial score (nSPS) is 21.8. The molecule has 1 aliphatic heterocycles. The predicted molar refractivity (Wildman–Crippen MR) is 91.6 cm³/mol. The van der Waals surface area contributed by atoms with E-state index < -0.39 is 0 Å². The van der Waals surface area contributed by atoms with Gasteiger partial charge in [0.05, 0.1) is 0 Å². The molecule has 23 heavy (non-hydrogen) atoms. The van der Waals surface area contributed by atoms with Crippen LogP contribution in [0.2, 0.25) is 0 Å². The number of rotatable bonds is 1. The van der Waals surface area contributed by atoms with E-state index in [0.29, 0.717) is 18.1 Å². The first-order chi connectivity index (χ1) is 11.0. The number of hydrogen-bond acceptors (Lipinski definition) is 3. The van der Waals surface area contributed by atoms with Crippen LogP contribution in [0.25, 0.3) is 10.8 Å². The third kappa shape index (κ3) is 1.92. The van der Waals surface area contributed by atoms with Gasteiger partial charge in [0, 0.05) is 18.1 Å². The van der Waals surface area contributed by atoms with Gasteiger partial charge in [0.25, 0.3) is 0 Å². The van der Waals surface area contributed by atoms with Crippen LogP contribution in [0.5, 0.6) is 11.5 Å². The van der Waals surface area contributed by atoms with E-state index in [1.54, 1.807) is 7.11 Å². The number of aryl methyl sites for hydroxylation is 2. The number of phenolic OH excluding ortho intramolecular Hbond substituents is 1. The van der Waals surface area contributed by atoms with Gasteiger partial charge in [-0.15, -0.1) is 0 Å². The highest BCUT2D eigenvalue weighted by Gasteiger charge is 2.37. The summed E-state index contributed by atoms with van der Waals surface area (Å²) in [6.45, 7) is 7.00. The molecule has 3 nitrogen and oxygen atoms in total. The minimum atomic E-state index is -0.0692. The molecule has 1 unspecified atom stereocenters. The van der Waals surface area contributed by atoms with E-state index in [-0.39, 0.29) is 11.5 Å². The van der Waals surface area contributed by atoms with E-state index >= 15 is 0 Å². The number of benzene rings is 2. The van der Waals surface area contributed by atoms with Crippen molar-refractivity contribution in [3.63, 3.8) is 0 Å². The van der Waals surface area contributed by atoms with E-state index in [1.165, 1.54) is 22.1 Å². The topological polar surface area (TPSA) is 38.7 Å². The smallest absolute Gasteiger partial charge is 0.169 e. The molecule has 0 saturated heterocycles. The molecule has 0 radical (unpaired) electrons. The van der Waals surface area contributed by atoms with Gasteiger partial charge < -0.3 is 14.6 Å². The zero-order valence-electron chi connectivity index (χ0n) is 14.3. The lowest BCUT2D eigenvalue weighted by atomic mass is 9.70. The van der Waals surface area contributed by atoms with E-state index in [2.05, 4.69) is 32.9 Å². The molecule has 3 heteroatoms. The second kappa shape index (κ2) is 4.88. The molecule has 1 heterocycles. The molecule has 1 atom stereocenters. The first-order valence-corrected chi connectivity index (χ1v) is 8.43. The minimum Gasteiger partial charge on any atom is -0.504 e. The Morgan fingerprint density at radius 3 is 2.83 bits per heavy atom. The zero-order chi connectivity index (χ0) is 16.4. The maximum absolute atomic E-state index is 11.0. The summed E-state index contributed by atoms with van der Waals surface area (Å²) in [5, 5.41) is 13.3. The van der Waals surface area contributed by atoms with Crippen molar-refractivity contribution in [3.05, 3.63) is 34.4 Å². The van der Waals surface area contributed by atoms with Gasteiger partial charge in [-0.25, -0.2) is 0 Å². The fourth-order valence-corrected chi connectivity index (χ4v) is 4.53. The highest BCUT2D eigenvalue weighted by molar-refractivity contribution is 5.99. The maximum atomic E-state index is 11.0. The van der Waals surface area contributed by atoms with Crippen LogP contribution >= 0.6 is 0 Å². The summed E-state index contributed by atoms with van der Waals surface area (Å²) < 4.78 is 11.6. The summed E-state index contributed by atoms with van der Waals surface area (Å²) in [7, 11) is 1.72. The number of aromatic hydroxyl groups is 1. The fourth-order valence-electron chi connectivity index (χ4n) is 4.53. The molecule has 122 valence electrons. The van der Waals surface area contributed by atoms with Crippen molar-refractivity contribution in [2.45, 2.75) is 51.6 Å². The van der Waals surface area contributed by atoms with Crippen molar-refractivity contribution >= 4 is 10.8 Å². The quantitative estimate of drug-likeness (QED) is 0.839. The van der Waals surface area contributed by atoms with Crippen LogP contribution in [-0.4, -0.2) is 18.8 Å². The van der Waals surface area contributed by atoms with Crippen LogP contribution in [0.4, 0.5) is 0 Å². The molecular formula is C20H24O3. The highest BCUT2D eigenvalue weighted by Crippen LogP contribution is 2.53. The summed E-state index contributed by atoms with van der Waals surface area (Å²) in [5.41, 5.74) is 4.72. The van der Waals surface area contributed by atoms with Crippen molar-refractivity contribution in [1.82, 2.24) is 0 Å². The molecule has 1 N–H and O–H groups in total. The summed E-state index contributed by atoms with van der Waals surface area (Å²) >= 11 is 0. The van der Waals surface area contributed by atoms with Gasteiger partial charge >= 0.3 is 0 Å². The largest absolute Gasteiger partial charge is 0.504 e. The molecule has 0 spiro atoms. The van der Waals surface area contributed by atoms with E-state index in [0.717, 1.165) is 30.2 Å². The SMILES string of the molecule is COC1COc2c(O)c3c(c4ccc(C)c1c24)CCCC3(C)C. The molecular weight excluding hydrogens is 288 g/mol. The molecule has 0 aromatic heterocycles. The Morgan fingerprint density at radius 1 is 1.30 bits per heavy atom. The van der Waals surface area contributed by atoms with Crippen molar-refractivity contribution in [3.8, 4) is 11.5 Å². The monoisotopic (exact) mass is 312 g/mol. The molecule has 0 saturated carbocycles. The van der Waals surface area contributed by atoms with Gasteiger partial charge in [-0.2, -0.15) is 0 Å². The van der Waals surface area contributed by atoms with Crippen molar-refractivity contribution in [2.75, 3.05) is 13.7 Å². The second-order valence-corrected chi connectivity index (χ2v) is 7.52. The molecule has 1 aliphatic carbocycles. The Labute approximate surface area is 137 Å². The molecule has 4 rings (SSSR count). The van der Waals surface area contributed by atoms with E-state index in [9.17, 15) is 5.11 Å². The van der Waals surface area contributed by atoms with Crippen molar-refractivity contribution in [1.29, 1.82) is 0 Å². The molecule has 0 bridgehead atoms. The Kier molecular flexibility index (Phi) is 3.14. The third-order valence-corrected chi connectivity index (χ3v) is 5.66. The molecule has 2 aromatic carbocycles. The van der Waals surface area contributed by atoms with Gasteiger partial charge in [0.15, 0.2) is 11.5 Å². The Morgan fingerprint density at radius 2 is 2.09 bits per heavy atom. The maximum Gasteiger partial charge on any atom is 0.169 e. The van der Waals surface area contributed by atoms with Crippen LogP contribution in [0.1, 0.15) is 55.0 Å². The lowest BCUT2D eigenvalue weighted by molar-refractivity contribution is 0.0524. The van der Waals surface area contributed by atoms with Crippen molar-refractivity contribution in [2.24, 2.45) is 0 Å². The summed E-state index contributed by atoms with van der Waals surface area (Å²) in [5.74, 6) is 0.999. The van der Waals surface area contributed by atoms with Crippen LogP contribution in [0, 0.1) is 6.92 Å².